The summed E-state index contributed by atoms with van der Waals surface area (Å²) in [5.74, 6) is -0.796. The van der Waals surface area contributed by atoms with Gasteiger partial charge < -0.3 is 39.4 Å². The maximum atomic E-state index is 12.8. The molecule has 1 fully saturated rings. The largest absolute Gasteiger partial charge is 0.462 e. The molecule has 0 aromatic carbocycles. The van der Waals surface area contributed by atoms with Crippen molar-refractivity contribution in [3.05, 3.63) is 12.2 Å². The Balaban J connectivity index is 2.22. The maximum Gasteiger partial charge on any atom is 0.306 e. The summed E-state index contributed by atoms with van der Waals surface area (Å²) in [6.45, 7) is 3.44. The van der Waals surface area contributed by atoms with Gasteiger partial charge in [-0.2, -0.15) is 0 Å². The molecule has 0 saturated carbocycles. The van der Waals surface area contributed by atoms with E-state index in [0.29, 0.717) is 6.42 Å². The quantitative estimate of drug-likeness (QED) is 0.0265. The van der Waals surface area contributed by atoms with E-state index in [4.69, 9.17) is 18.9 Å². The number of aliphatic hydroxyl groups is 4. The lowest BCUT2D eigenvalue weighted by Gasteiger charge is -2.39. The van der Waals surface area contributed by atoms with Crippen molar-refractivity contribution >= 4 is 11.9 Å². The molecule has 0 bridgehead atoms. The summed E-state index contributed by atoms with van der Waals surface area (Å²) < 4.78 is 22.2. The molecule has 348 valence electrons. The van der Waals surface area contributed by atoms with E-state index < -0.39 is 49.4 Å². The Hall–Kier alpha value is -1.56. The lowest BCUT2D eigenvalue weighted by Crippen LogP contribution is -2.59. The SMILES string of the molecule is CCCCCCCCCC/C=C\CCCCCCCCCCCCCC(=O)OC(COC(=O)CCCCCCCCCCCCC)COC1OC(CO)C(O)C(O)C1O. The van der Waals surface area contributed by atoms with E-state index in [2.05, 4.69) is 26.0 Å². The molecule has 1 saturated heterocycles. The molecule has 10 nitrogen and oxygen atoms in total. The second kappa shape index (κ2) is 40.5. The van der Waals surface area contributed by atoms with Gasteiger partial charge in [0.05, 0.1) is 13.2 Å². The summed E-state index contributed by atoms with van der Waals surface area (Å²) in [7, 11) is 0. The first-order valence-corrected chi connectivity index (χ1v) is 24.8. The standard InChI is InChI=1S/C49H92O10/c1-3-5-7-9-11-13-15-16-17-18-19-20-21-22-23-24-25-26-28-30-32-34-36-38-45(52)58-42(41-57-49-48(55)47(54)46(53)43(39-50)59-49)40-56-44(51)37-35-33-31-29-27-14-12-10-8-6-4-2/h18-19,42-43,46-50,53-55H,3-17,20-41H2,1-2H3/b19-18-. The average molecular weight is 841 g/mol. The molecule has 0 spiro atoms. The van der Waals surface area contributed by atoms with Gasteiger partial charge in [-0.05, 0) is 38.5 Å². The number of carbonyl (C=O) groups excluding carboxylic acids is 2. The summed E-state index contributed by atoms with van der Waals surface area (Å²) in [6.07, 6.45) is 36.6. The number of hydrogen-bond acceptors (Lipinski definition) is 10. The van der Waals surface area contributed by atoms with Crippen molar-refractivity contribution in [3.8, 4) is 0 Å². The number of allylic oxidation sites excluding steroid dienone is 2. The normalized spacial score (nSPS) is 20.0. The van der Waals surface area contributed by atoms with E-state index in [1.54, 1.807) is 0 Å². The Morgan fingerprint density at radius 3 is 1.32 bits per heavy atom. The minimum atomic E-state index is -1.59. The molecule has 0 aliphatic carbocycles. The van der Waals surface area contributed by atoms with Gasteiger partial charge in [-0.25, -0.2) is 0 Å². The Morgan fingerprint density at radius 2 is 0.898 bits per heavy atom. The van der Waals surface area contributed by atoms with Gasteiger partial charge in [0.25, 0.3) is 0 Å². The van der Waals surface area contributed by atoms with Gasteiger partial charge in [-0.3, -0.25) is 9.59 Å². The Morgan fingerprint density at radius 1 is 0.508 bits per heavy atom. The van der Waals surface area contributed by atoms with Gasteiger partial charge in [0, 0.05) is 12.8 Å². The molecule has 1 heterocycles. The highest BCUT2D eigenvalue weighted by atomic mass is 16.7. The monoisotopic (exact) mass is 841 g/mol. The van der Waals surface area contributed by atoms with Crippen LogP contribution in [-0.4, -0.2) is 89.0 Å². The lowest BCUT2D eigenvalue weighted by atomic mass is 9.99. The highest BCUT2D eigenvalue weighted by Crippen LogP contribution is 2.23. The number of ether oxygens (including phenoxy) is 4. The van der Waals surface area contributed by atoms with Gasteiger partial charge in [-0.15, -0.1) is 0 Å². The fourth-order valence-electron chi connectivity index (χ4n) is 7.71. The molecular weight excluding hydrogens is 749 g/mol. The second-order valence-corrected chi connectivity index (χ2v) is 17.3. The molecule has 1 rings (SSSR count). The Kier molecular flexibility index (Phi) is 38.1. The summed E-state index contributed by atoms with van der Waals surface area (Å²) in [4.78, 5) is 25.3. The molecule has 0 amide bonds. The highest BCUT2D eigenvalue weighted by molar-refractivity contribution is 5.70. The third kappa shape index (κ3) is 31.9. The number of unbranched alkanes of at least 4 members (excludes halogenated alkanes) is 29. The molecule has 59 heavy (non-hydrogen) atoms. The van der Waals surface area contributed by atoms with Gasteiger partial charge in [-0.1, -0.05) is 193 Å². The fourth-order valence-corrected chi connectivity index (χ4v) is 7.71. The minimum Gasteiger partial charge on any atom is -0.462 e. The van der Waals surface area contributed by atoms with Crippen LogP contribution in [-0.2, 0) is 28.5 Å². The molecule has 0 aromatic heterocycles. The van der Waals surface area contributed by atoms with E-state index in [-0.39, 0.29) is 32.0 Å². The van der Waals surface area contributed by atoms with Crippen LogP contribution >= 0.6 is 0 Å². The first kappa shape index (κ1) is 55.5. The van der Waals surface area contributed by atoms with Crippen LogP contribution in [0, 0.1) is 0 Å². The van der Waals surface area contributed by atoms with E-state index in [1.807, 2.05) is 0 Å². The van der Waals surface area contributed by atoms with Crippen LogP contribution in [0.1, 0.15) is 232 Å². The molecular formula is C49H92O10. The Bertz CT molecular complexity index is 974. The third-order valence-electron chi connectivity index (χ3n) is 11.7. The zero-order valence-electron chi connectivity index (χ0n) is 38.0. The van der Waals surface area contributed by atoms with Crippen LogP contribution in [0.25, 0.3) is 0 Å². The van der Waals surface area contributed by atoms with Gasteiger partial charge in [0.2, 0.25) is 0 Å². The summed E-state index contributed by atoms with van der Waals surface area (Å²) in [5.41, 5.74) is 0. The summed E-state index contributed by atoms with van der Waals surface area (Å²) >= 11 is 0. The molecule has 4 N–H and O–H groups in total. The Labute approximate surface area is 361 Å². The molecule has 6 atom stereocenters. The van der Waals surface area contributed by atoms with E-state index >= 15 is 0 Å². The smallest absolute Gasteiger partial charge is 0.306 e. The highest BCUT2D eigenvalue weighted by Gasteiger charge is 2.44. The van der Waals surface area contributed by atoms with Crippen molar-refractivity contribution in [2.75, 3.05) is 19.8 Å². The van der Waals surface area contributed by atoms with Crippen LogP contribution in [0.15, 0.2) is 12.2 Å². The predicted octanol–water partition coefficient (Wildman–Crippen LogP) is 11.1. The second-order valence-electron chi connectivity index (χ2n) is 17.3. The van der Waals surface area contributed by atoms with E-state index in [9.17, 15) is 30.0 Å². The van der Waals surface area contributed by atoms with Crippen LogP contribution in [0.5, 0.6) is 0 Å². The lowest BCUT2D eigenvalue weighted by molar-refractivity contribution is -0.305. The molecule has 0 radical (unpaired) electrons. The first-order valence-electron chi connectivity index (χ1n) is 24.8. The van der Waals surface area contributed by atoms with Gasteiger partial charge >= 0.3 is 11.9 Å². The number of aliphatic hydroxyl groups excluding tert-OH is 4. The van der Waals surface area contributed by atoms with Crippen LogP contribution in [0.3, 0.4) is 0 Å². The summed E-state index contributed by atoms with van der Waals surface area (Å²) in [6, 6.07) is 0. The number of carbonyl (C=O) groups is 2. The third-order valence-corrected chi connectivity index (χ3v) is 11.7. The predicted molar refractivity (Wildman–Crippen MR) is 238 cm³/mol. The fraction of sp³-hybridized carbons (Fsp3) is 0.918. The van der Waals surface area contributed by atoms with Crippen molar-refractivity contribution in [1.82, 2.24) is 0 Å². The van der Waals surface area contributed by atoms with E-state index in [0.717, 1.165) is 38.5 Å². The molecule has 1 aliphatic rings. The molecule has 0 aromatic rings. The van der Waals surface area contributed by atoms with Crippen molar-refractivity contribution in [2.45, 2.75) is 269 Å². The van der Waals surface area contributed by atoms with E-state index in [1.165, 1.54) is 161 Å². The molecule has 1 aliphatic heterocycles. The van der Waals surface area contributed by atoms with Crippen molar-refractivity contribution in [3.63, 3.8) is 0 Å². The number of hydrogen-bond donors (Lipinski definition) is 4. The average Bonchev–Trinajstić information content (AvgIpc) is 3.23. The van der Waals surface area contributed by atoms with Gasteiger partial charge in [0.15, 0.2) is 12.4 Å². The van der Waals surface area contributed by atoms with Crippen molar-refractivity contribution in [2.24, 2.45) is 0 Å². The zero-order valence-corrected chi connectivity index (χ0v) is 38.0. The van der Waals surface area contributed by atoms with Crippen molar-refractivity contribution in [1.29, 1.82) is 0 Å². The van der Waals surface area contributed by atoms with Crippen LogP contribution < -0.4 is 0 Å². The van der Waals surface area contributed by atoms with Crippen LogP contribution in [0.2, 0.25) is 0 Å². The van der Waals surface area contributed by atoms with Gasteiger partial charge in [0.1, 0.15) is 31.0 Å². The molecule has 6 unspecified atom stereocenters. The van der Waals surface area contributed by atoms with Crippen molar-refractivity contribution < 1.29 is 49.0 Å². The van der Waals surface area contributed by atoms with Crippen LogP contribution in [0.4, 0.5) is 0 Å². The topological polar surface area (TPSA) is 152 Å². The minimum absolute atomic E-state index is 0.212. The summed E-state index contributed by atoms with van der Waals surface area (Å²) in [5, 5.41) is 40.1. The zero-order chi connectivity index (χ0) is 43.0. The number of esters is 2. The molecule has 10 heteroatoms. The first-order chi connectivity index (χ1) is 28.8. The maximum absolute atomic E-state index is 12.8. The number of rotatable bonds is 42.